The van der Waals surface area contributed by atoms with Crippen molar-refractivity contribution < 1.29 is 29.4 Å². The number of hydrogen-bond acceptors (Lipinski definition) is 6. The molecule has 2 aromatic carbocycles. The fourth-order valence-electron chi connectivity index (χ4n) is 3.68. The molecule has 2 atom stereocenters. The summed E-state index contributed by atoms with van der Waals surface area (Å²) in [6.45, 7) is 11.0. The zero-order chi connectivity index (χ0) is 28.9. The average molecular weight is 538 g/mol. The number of carboxylic acid groups (broad SMARTS) is 2. The van der Waals surface area contributed by atoms with Gasteiger partial charge in [-0.2, -0.15) is 0 Å². The van der Waals surface area contributed by atoms with Crippen molar-refractivity contribution in [3.63, 3.8) is 0 Å². The van der Waals surface area contributed by atoms with Gasteiger partial charge in [0.05, 0.1) is 11.8 Å². The molecule has 39 heavy (non-hydrogen) atoms. The topological polar surface area (TPSA) is 129 Å². The Balaban J connectivity index is 0.000000449. The number of allylic oxidation sites excluding steroid dienone is 1. The monoisotopic (exact) mass is 537 g/mol. The fourth-order valence-corrected chi connectivity index (χ4v) is 3.68. The molecule has 1 aliphatic carbocycles. The van der Waals surface area contributed by atoms with E-state index in [1.807, 2.05) is 81.1 Å². The van der Waals surface area contributed by atoms with E-state index in [4.69, 9.17) is 24.6 Å². The molecule has 0 bridgehead atoms. The van der Waals surface area contributed by atoms with Crippen molar-refractivity contribution in [2.45, 2.75) is 66.2 Å². The number of nitrogens with zero attached hydrogens (tertiary/aromatic N) is 2. The zero-order valence-electron chi connectivity index (χ0n) is 23.3. The molecule has 2 aliphatic rings. The molecule has 2 fully saturated rings. The van der Waals surface area contributed by atoms with Crippen LogP contribution < -0.4 is 10.2 Å². The first-order valence-corrected chi connectivity index (χ1v) is 13.2. The predicted molar refractivity (Wildman–Crippen MR) is 152 cm³/mol. The number of hydrogen-bond donors (Lipinski definition) is 3. The van der Waals surface area contributed by atoms with Crippen molar-refractivity contribution in [2.24, 2.45) is 11.1 Å². The maximum absolute atomic E-state index is 13.1. The van der Waals surface area contributed by atoms with E-state index in [1.54, 1.807) is 0 Å². The van der Waals surface area contributed by atoms with E-state index < -0.39 is 11.9 Å². The minimum atomic E-state index is -1.82. The van der Waals surface area contributed by atoms with E-state index in [1.165, 1.54) is 12.8 Å². The summed E-state index contributed by atoms with van der Waals surface area (Å²) in [7, 11) is 0. The zero-order valence-corrected chi connectivity index (χ0v) is 23.3. The van der Waals surface area contributed by atoms with E-state index in [-0.39, 0.29) is 18.2 Å². The van der Waals surface area contributed by atoms with Gasteiger partial charge in [-0.3, -0.25) is 15.0 Å². The number of carbonyl (C=O) groups excluding carboxylic acids is 1. The number of nitrogens with one attached hydrogen (secondary N) is 1. The van der Waals surface area contributed by atoms with Gasteiger partial charge in [0.2, 0.25) is 0 Å². The molecule has 1 saturated carbocycles. The minimum Gasteiger partial charge on any atom is -0.473 e. The van der Waals surface area contributed by atoms with E-state index >= 15 is 0 Å². The smallest absolute Gasteiger partial charge is 0.414 e. The number of anilines is 1. The van der Waals surface area contributed by atoms with Crippen LogP contribution in [0.2, 0.25) is 0 Å². The number of carboxylic acids is 2. The van der Waals surface area contributed by atoms with Crippen molar-refractivity contribution >= 4 is 29.2 Å². The van der Waals surface area contributed by atoms with Gasteiger partial charge in [0.25, 0.3) is 5.91 Å². The molecule has 9 nitrogen and oxygen atoms in total. The molecular formula is C30H39N3O6. The third-order valence-corrected chi connectivity index (χ3v) is 6.05. The Morgan fingerprint density at radius 1 is 1.08 bits per heavy atom. The van der Waals surface area contributed by atoms with Gasteiger partial charge in [-0.1, -0.05) is 87.3 Å². The highest BCUT2D eigenvalue weighted by molar-refractivity contribution is 6.27. The van der Waals surface area contributed by atoms with Crippen molar-refractivity contribution in [3.8, 4) is 0 Å². The summed E-state index contributed by atoms with van der Waals surface area (Å²) >= 11 is 0. The molecule has 0 aromatic heterocycles. The maximum atomic E-state index is 13.1. The summed E-state index contributed by atoms with van der Waals surface area (Å²) in [5.41, 5.74) is 4.49. The lowest BCUT2D eigenvalue weighted by Gasteiger charge is -2.43. The normalized spacial score (nSPS) is 18.1. The largest absolute Gasteiger partial charge is 0.473 e. The molecule has 1 amide bonds. The van der Waals surface area contributed by atoms with E-state index in [0.717, 1.165) is 41.3 Å². The number of aryl methyl sites for hydroxylation is 1. The number of rotatable bonds is 8. The van der Waals surface area contributed by atoms with Crippen LogP contribution in [0.5, 0.6) is 0 Å². The van der Waals surface area contributed by atoms with Gasteiger partial charge < -0.3 is 15.1 Å². The van der Waals surface area contributed by atoms with Gasteiger partial charge in [-0.05, 0) is 56.0 Å². The number of carbonyl (C=O) groups is 3. The molecule has 9 heteroatoms. The van der Waals surface area contributed by atoms with Crippen LogP contribution in [0.25, 0.3) is 0 Å². The van der Waals surface area contributed by atoms with Gasteiger partial charge in [0, 0.05) is 11.3 Å². The minimum absolute atomic E-state index is 0.00132. The summed E-state index contributed by atoms with van der Waals surface area (Å²) in [6.07, 6.45) is 5.50. The van der Waals surface area contributed by atoms with Crippen LogP contribution in [-0.4, -0.2) is 46.5 Å². The van der Waals surface area contributed by atoms with E-state index in [2.05, 4.69) is 29.5 Å². The maximum Gasteiger partial charge on any atom is 0.414 e. The van der Waals surface area contributed by atoms with Crippen LogP contribution in [0.1, 0.15) is 64.1 Å². The molecule has 3 N–H and O–H groups in total. The summed E-state index contributed by atoms with van der Waals surface area (Å²) in [5, 5.41) is 22.2. The number of β-lactam (4-membered cyclic amide) rings is 1. The molecule has 0 radical (unpaired) electrons. The van der Waals surface area contributed by atoms with Gasteiger partial charge >= 0.3 is 11.9 Å². The molecular weight excluding hydrogens is 498 g/mol. The van der Waals surface area contributed by atoms with Crippen LogP contribution in [0.15, 0.2) is 71.4 Å². The summed E-state index contributed by atoms with van der Waals surface area (Å²) < 4.78 is 0. The fraction of sp³-hybridized carbons (Fsp3) is 0.400. The van der Waals surface area contributed by atoms with Gasteiger partial charge in [-0.15, -0.1) is 0 Å². The lowest BCUT2D eigenvalue weighted by Crippen LogP contribution is -2.49. The van der Waals surface area contributed by atoms with Crippen LogP contribution in [0.4, 0.5) is 5.69 Å². The summed E-state index contributed by atoms with van der Waals surface area (Å²) in [5.74, 6) is -2.56. The van der Waals surface area contributed by atoms with Crippen molar-refractivity contribution in [3.05, 3.63) is 77.4 Å². The molecule has 2 aromatic rings. The van der Waals surface area contributed by atoms with Gasteiger partial charge in [0.15, 0.2) is 6.23 Å². The summed E-state index contributed by atoms with van der Waals surface area (Å²) in [6, 6.07) is 17.9. The lowest BCUT2D eigenvalue weighted by atomic mass is 9.86. The van der Waals surface area contributed by atoms with Crippen molar-refractivity contribution in [1.82, 2.24) is 5.32 Å². The highest BCUT2D eigenvalue weighted by Crippen LogP contribution is 2.44. The molecule has 4 rings (SSSR count). The Hall–Kier alpha value is -3.98. The number of oxime groups is 1. The van der Waals surface area contributed by atoms with Crippen LogP contribution in [-0.2, 0) is 19.2 Å². The Bertz CT molecular complexity index is 1160. The van der Waals surface area contributed by atoms with Gasteiger partial charge in [0.1, 0.15) is 0 Å². The molecule has 1 heterocycles. The van der Waals surface area contributed by atoms with E-state index in [9.17, 15) is 4.79 Å². The second kappa shape index (κ2) is 15.4. The SMILES string of the molecule is CC1CC1.CCNC(CC)ON=C(C)C=C1C(=O)N(c2ccccc2C)C1c1ccccc1.O=C(O)C(=O)O. The quantitative estimate of drug-likeness (QED) is 0.104. The van der Waals surface area contributed by atoms with Crippen molar-refractivity contribution in [1.29, 1.82) is 0 Å². The van der Waals surface area contributed by atoms with Gasteiger partial charge in [-0.25, -0.2) is 9.59 Å². The standard InChI is InChI=1S/C24H29N3O2.C4H8.C2H2O4/c1-5-22(25-6-2)29-26-18(4)16-20-23(19-13-8-7-9-14-19)27(24(20)28)21-15-11-10-12-17(21)3;1-4-2-3-4;3-1(4)2(5)6/h7-16,22-23,25H,5-6H2,1-4H3;4H,2-3H2,1H3;(H,3,4)(H,5,6). The summed E-state index contributed by atoms with van der Waals surface area (Å²) in [4.78, 5) is 38.7. The Morgan fingerprint density at radius 2 is 1.64 bits per heavy atom. The number of amides is 1. The second-order valence-corrected chi connectivity index (χ2v) is 9.46. The Morgan fingerprint density at radius 3 is 2.13 bits per heavy atom. The molecule has 210 valence electrons. The van der Waals surface area contributed by atoms with Crippen LogP contribution in [0, 0.1) is 12.8 Å². The van der Waals surface area contributed by atoms with Crippen molar-refractivity contribution in [2.75, 3.05) is 11.4 Å². The number of aliphatic carboxylic acids is 2. The average Bonchev–Trinajstić information content (AvgIpc) is 3.71. The molecule has 2 unspecified atom stereocenters. The Kier molecular flexibility index (Phi) is 12.4. The molecule has 0 spiro atoms. The molecule has 1 saturated heterocycles. The first-order chi connectivity index (χ1) is 18.6. The third kappa shape index (κ3) is 9.68. The van der Waals surface area contributed by atoms with E-state index in [0.29, 0.717) is 5.71 Å². The first kappa shape index (κ1) is 31.2. The second-order valence-electron chi connectivity index (χ2n) is 9.46. The highest BCUT2D eigenvalue weighted by atomic mass is 16.6. The first-order valence-electron chi connectivity index (χ1n) is 13.2. The number of para-hydroxylation sites is 1. The van der Waals surface area contributed by atoms with Crippen LogP contribution >= 0.6 is 0 Å². The highest BCUT2D eigenvalue weighted by Gasteiger charge is 2.44. The number of benzene rings is 2. The van der Waals surface area contributed by atoms with Crippen LogP contribution in [0.3, 0.4) is 0 Å². The predicted octanol–water partition coefficient (Wildman–Crippen LogP) is 5.32. The Labute approximate surface area is 230 Å². The lowest BCUT2D eigenvalue weighted by molar-refractivity contribution is -0.159. The third-order valence-electron chi connectivity index (χ3n) is 6.05. The molecule has 1 aliphatic heterocycles.